The molecule has 0 aromatic heterocycles. The van der Waals surface area contributed by atoms with Gasteiger partial charge in [-0.25, -0.2) is 0 Å². The van der Waals surface area contributed by atoms with Gasteiger partial charge in [0.05, 0.1) is 0 Å². The molecule has 1 aliphatic carbocycles. The Kier molecular flexibility index (Phi) is 3.58. The molecule has 0 aliphatic heterocycles. The smallest absolute Gasteiger partial charge is 0.0377 e. The van der Waals surface area contributed by atoms with E-state index in [1.807, 2.05) is 0 Å². The molecule has 0 radical (unpaired) electrons. The molecule has 17 heavy (non-hydrogen) atoms. The minimum Gasteiger partial charge on any atom is -0.309 e. The molecular weight excluding hydrogens is 206 g/mol. The predicted octanol–water partition coefficient (Wildman–Crippen LogP) is 3.95. The van der Waals surface area contributed by atoms with Gasteiger partial charge in [-0.1, -0.05) is 58.4 Å². The quantitative estimate of drug-likeness (QED) is 0.827. The lowest BCUT2D eigenvalue weighted by Gasteiger charge is -2.29. The van der Waals surface area contributed by atoms with Crippen molar-refractivity contribution >= 4 is 0 Å². The third kappa shape index (κ3) is 2.55. The summed E-state index contributed by atoms with van der Waals surface area (Å²) in [5.41, 5.74) is 3.39. The maximum absolute atomic E-state index is 3.78. The van der Waals surface area contributed by atoms with E-state index in [1.165, 1.54) is 24.0 Å². The average Bonchev–Trinajstić information content (AvgIpc) is 2.56. The first-order valence-corrected chi connectivity index (χ1v) is 6.85. The van der Waals surface area contributed by atoms with Crippen LogP contribution in [0.3, 0.4) is 0 Å². The number of fused-ring (bicyclic) bond motifs is 1. The fourth-order valence-corrected chi connectivity index (χ4v) is 2.84. The molecule has 1 N–H and O–H groups in total. The average molecular weight is 231 g/mol. The Hall–Kier alpha value is -0.820. The second-order valence-corrected chi connectivity index (χ2v) is 6.22. The SMILES string of the molecule is CCC(C)CNC1c2ccccc2CC1(C)C. The second-order valence-electron chi connectivity index (χ2n) is 6.22. The molecule has 2 unspecified atom stereocenters. The van der Waals surface area contributed by atoms with Crippen LogP contribution in [0.1, 0.15) is 51.3 Å². The first kappa shape index (κ1) is 12.6. The van der Waals surface area contributed by atoms with Crippen LogP contribution in [0.4, 0.5) is 0 Å². The molecule has 0 heterocycles. The fourth-order valence-electron chi connectivity index (χ4n) is 2.84. The zero-order valence-corrected chi connectivity index (χ0v) is 11.6. The van der Waals surface area contributed by atoms with Crippen molar-refractivity contribution in [2.75, 3.05) is 6.54 Å². The van der Waals surface area contributed by atoms with E-state index in [-0.39, 0.29) is 0 Å². The van der Waals surface area contributed by atoms with Gasteiger partial charge in [0.1, 0.15) is 0 Å². The Bertz CT molecular complexity index is 381. The number of benzene rings is 1. The first-order valence-electron chi connectivity index (χ1n) is 6.85. The highest BCUT2D eigenvalue weighted by molar-refractivity contribution is 5.37. The van der Waals surface area contributed by atoms with E-state index in [0.29, 0.717) is 11.5 Å². The molecule has 0 fully saturated rings. The van der Waals surface area contributed by atoms with Gasteiger partial charge in [-0.05, 0) is 35.4 Å². The van der Waals surface area contributed by atoms with Crippen LogP contribution in [-0.4, -0.2) is 6.54 Å². The summed E-state index contributed by atoms with van der Waals surface area (Å²) in [6.07, 6.45) is 2.45. The van der Waals surface area contributed by atoms with Gasteiger partial charge < -0.3 is 5.32 Å². The molecule has 2 atom stereocenters. The summed E-state index contributed by atoms with van der Waals surface area (Å²) >= 11 is 0. The molecule has 0 spiro atoms. The summed E-state index contributed by atoms with van der Waals surface area (Å²) in [7, 11) is 0. The molecule has 2 rings (SSSR count). The zero-order valence-electron chi connectivity index (χ0n) is 11.6. The van der Waals surface area contributed by atoms with Crippen LogP contribution in [0.2, 0.25) is 0 Å². The van der Waals surface area contributed by atoms with E-state index < -0.39 is 0 Å². The van der Waals surface area contributed by atoms with Gasteiger partial charge in [-0.2, -0.15) is 0 Å². The molecule has 0 saturated heterocycles. The number of hydrogen-bond acceptors (Lipinski definition) is 1. The molecular formula is C16H25N. The fraction of sp³-hybridized carbons (Fsp3) is 0.625. The summed E-state index contributed by atoms with van der Waals surface area (Å²) in [4.78, 5) is 0. The first-order chi connectivity index (χ1) is 8.04. The minimum atomic E-state index is 0.344. The van der Waals surface area contributed by atoms with Crippen LogP contribution in [0, 0.1) is 11.3 Å². The van der Waals surface area contributed by atoms with Crippen LogP contribution < -0.4 is 5.32 Å². The number of hydrogen-bond donors (Lipinski definition) is 1. The summed E-state index contributed by atoms with van der Waals surface area (Å²) < 4.78 is 0. The number of rotatable bonds is 4. The van der Waals surface area contributed by atoms with Crippen LogP contribution in [0.5, 0.6) is 0 Å². The normalized spacial score (nSPS) is 23.4. The highest BCUT2D eigenvalue weighted by atomic mass is 14.9. The minimum absolute atomic E-state index is 0.344. The maximum Gasteiger partial charge on any atom is 0.0377 e. The third-order valence-electron chi connectivity index (χ3n) is 4.16. The Morgan fingerprint density at radius 1 is 1.35 bits per heavy atom. The van der Waals surface area contributed by atoms with Crippen molar-refractivity contribution in [3.05, 3.63) is 35.4 Å². The lowest BCUT2D eigenvalue weighted by Crippen LogP contribution is -2.33. The van der Waals surface area contributed by atoms with Crippen molar-refractivity contribution < 1.29 is 0 Å². The van der Waals surface area contributed by atoms with Crippen molar-refractivity contribution in [1.29, 1.82) is 0 Å². The second kappa shape index (κ2) is 4.81. The summed E-state index contributed by atoms with van der Waals surface area (Å²) in [5, 5.41) is 3.78. The van der Waals surface area contributed by atoms with E-state index in [4.69, 9.17) is 0 Å². The van der Waals surface area contributed by atoms with Gasteiger partial charge in [0.2, 0.25) is 0 Å². The Morgan fingerprint density at radius 2 is 2.06 bits per heavy atom. The van der Waals surface area contributed by atoms with Gasteiger partial charge >= 0.3 is 0 Å². The predicted molar refractivity (Wildman–Crippen MR) is 74.1 cm³/mol. The van der Waals surface area contributed by atoms with Crippen molar-refractivity contribution in [3.63, 3.8) is 0 Å². The lowest BCUT2D eigenvalue weighted by atomic mass is 9.85. The van der Waals surface area contributed by atoms with Crippen molar-refractivity contribution in [2.45, 2.75) is 46.6 Å². The van der Waals surface area contributed by atoms with Crippen LogP contribution >= 0.6 is 0 Å². The van der Waals surface area contributed by atoms with E-state index in [2.05, 4.69) is 57.3 Å². The highest BCUT2D eigenvalue weighted by Gasteiger charge is 2.38. The monoisotopic (exact) mass is 231 g/mol. The van der Waals surface area contributed by atoms with Crippen molar-refractivity contribution in [1.82, 2.24) is 5.32 Å². The van der Waals surface area contributed by atoms with Crippen LogP contribution in [0.25, 0.3) is 0 Å². The Morgan fingerprint density at radius 3 is 2.76 bits per heavy atom. The largest absolute Gasteiger partial charge is 0.309 e. The molecule has 1 aliphatic rings. The highest BCUT2D eigenvalue weighted by Crippen LogP contribution is 2.44. The van der Waals surface area contributed by atoms with E-state index in [0.717, 1.165) is 12.5 Å². The van der Waals surface area contributed by atoms with Gasteiger partial charge in [0.25, 0.3) is 0 Å². The van der Waals surface area contributed by atoms with E-state index in [9.17, 15) is 0 Å². The van der Waals surface area contributed by atoms with Crippen molar-refractivity contribution in [3.8, 4) is 0 Å². The molecule has 1 nitrogen and oxygen atoms in total. The molecule has 1 aromatic rings. The maximum atomic E-state index is 3.78. The number of nitrogens with one attached hydrogen (secondary N) is 1. The molecule has 1 aromatic carbocycles. The molecule has 0 saturated carbocycles. The summed E-state index contributed by atoms with van der Waals surface area (Å²) in [6, 6.07) is 9.41. The molecule has 94 valence electrons. The van der Waals surface area contributed by atoms with Gasteiger partial charge in [-0.15, -0.1) is 0 Å². The lowest BCUT2D eigenvalue weighted by molar-refractivity contribution is 0.259. The van der Waals surface area contributed by atoms with Crippen LogP contribution in [0.15, 0.2) is 24.3 Å². The third-order valence-corrected chi connectivity index (χ3v) is 4.16. The Labute approximate surface area is 106 Å². The van der Waals surface area contributed by atoms with E-state index in [1.54, 1.807) is 0 Å². The standard InChI is InChI=1S/C16H25N/c1-5-12(2)11-17-15-14-9-7-6-8-13(14)10-16(15,3)4/h6-9,12,15,17H,5,10-11H2,1-4H3. The van der Waals surface area contributed by atoms with Gasteiger partial charge in [-0.3, -0.25) is 0 Å². The molecule has 0 bridgehead atoms. The summed E-state index contributed by atoms with van der Waals surface area (Å²) in [6.45, 7) is 10.5. The van der Waals surface area contributed by atoms with Gasteiger partial charge in [0, 0.05) is 6.04 Å². The van der Waals surface area contributed by atoms with Gasteiger partial charge in [0.15, 0.2) is 0 Å². The zero-order chi connectivity index (χ0) is 12.5. The van der Waals surface area contributed by atoms with E-state index >= 15 is 0 Å². The molecule has 0 amide bonds. The topological polar surface area (TPSA) is 12.0 Å². The van der Waals surface area contributed by atoms with Crippen molar-refractivity contribution in [2.24, 2.45) is 11.3 Å². The molecule has 1 heteroatoms. The summed E-state index contributed by atoms with van der Waals surface area (Å²) in [5.74, 6) is 0.763. The Balaban J connectivity index is 2.14. The van der Waals surface area contributed by atoms with Crippen LogP contribution in [-0.2, 0) is 6.42 Å².